The van der Waals surface area contributed by atoms with Crippen molar-refractivity contribution in [1.29, 1.82) is 0 Å². The largest absolute Gasteiger partial charge is 0.322 e. The van der Waals surface area contributed by atoms with Crippen molar-refractivity contribution in [3.8, 4) is 0 Å². The molecule has 0 unspecified atom stereocenters. The second-order valence-electron chi connectivity index (χ2n) is 3.66. The number of hydrogen-bond acceptors (Lipinski definition) is 4. The average molecular weight is 297 g/mol. The van der Waals surface area contributed by atoms with E-state index in [9.17, 15) is 4.79 Å². The zero-order chi connectivity index (χ0) is 13.8. The van der Waals surface area contributed by atoms with E-state index in [-0.39, 0.29) is 10.9 Å². The van der Waals surface area contributed by atoms with Crippen molar-refractivity contribution >= 4 is 40.6 Å². The molecule has 5 nitrogen and oxygen atoms in total. The zero-order valence-corrected chi connectivity index (χ0v) is 11.2. The fourth-order valence-corrected chi connectivity index (χ4v) is 1.75. The van der Waals surface area contributed by atoms with Crippen LogP contribution in [0.4, 0.5) is 11.5 Å². The molecule has 0 radical (unpaired) electrons. The summed E-state index contributed by atoms with van der Waals surface area (Å²) in [6, 6.07) is 8.25. The van der Waals surface area contributed by atoms with E-state index in [0.29, 0.717) is 22.1 Å². The monoisotopic (exact) mass is 296 g/mol. The smallest absolute Gasteiger partial charge is 0.257 e. The van der Waals surface area contributed by atoms with Crippen LogP contribution >= 0.6 is 23.2 Å². The Morgan fingerprint density at radius 1 is 1.21 bits per heavy atom. The van der Waals surface area contributed by atoms with Gasteiger partial charge in [-0.15, -0.1) is 0 Å². The average Bonchev–Trinajstić information content (AvgIpc) is 2.41. The quantitative estimate of drug-likeness (QED) is 0.601. The summed E-state index contributed by atoms with van der Waals surface area (Å²) < 4.78 is 0. The number of hydrazine groups is 1. The van der Waals surface area contributed by atoms with Crippen LogP contribution in [0.3, 0.4) is 0 Å². The lowest BCUT2D eigenvalue weighted by Crippen LogP contribution is -2.14. The number of anilines is 2. The maximum Gasteiger partial charge on any atom is 0.257 e. The first-order valence-corrected chi connectivity index (χ1v) is 6.05. The third-order valence-electron chi connectivity index (χ3n) is 2.34. The molecule has 1 amide bonds. The van der Waals surface area contributed by atoms with Gasteiger partial charge in [-0.25, -0.2) is 10.8 Å². The van der Waals surface area contributed by atoms with Gasteiger partial charge in [0.15, 0.2) is 5.82 Å². The van der Waals surface area contributed by atoms with E-state index in [1.165, 1.54) is 12.3 Å². The fraction of sp³-hybridized carbons (Fsp3) is 0. The number of halogens is 2. The Balaban J connectivity index is 2.16. The second kappa shape index (κ2) is 5.88. The molecule has 0 fully saturated rings. The maximum absolute atomic E-state index is 12.0. The molecule has 0 saturated carbocycles. The third kappa shape index (κ3) is 3.35. The molecule has 0 saturated heterocycles. The number of nitrogens with zero attached hydrogens (tertiary/aromatic N) is 1. The van der Waals surface area contributed by atoms with Crippen LogP contribution in [0.2, 0.25) is 10.0 Å². The summed E-state index contributed by atoms with van der Waals surface area (Å²) in [6.07, 6.45) is 1.38. The van der Waals surface area contributed by atoms with Crippen LogP contribution in [0.5, 0.6) is 0 Å². The highest BCUT2D eigenvalue weighted by Gasteiger charge is 2.09. The first-order chi connectivity index (χ1) is 9.10. The van der Waals surface area contributed by atoms with Gasteiger partial charge in [-0.05, 0) is 30.3 Å². The summed E-state index contributed by atoms with van der Waals surface area (Å²) in [4.78, 5) is 15.9. The number of pyridine rings is 1. The molecule has 1 aromatic heterocycles. The number of nitrogen functional groups attached to an aromatic ring is 1. The summed E-state index contributed by atoms with van der Waals surface area (Å²) >= 11 is 11.7. The van der Waals surface area contributed by atoms with Gasteiger partial charge in [0.2, 0.25) is 0 Å². The van der Waals surface area contributed by atoms with Gasteiger partial charge >= 0.3 is 0 Å². The normalized spacial score (nSPS) is 10.1. The van der Waals surface area contributed by atoms with Gasteiger partial charge in [0, 0.05) is 16.9 Å². The Labute approximate surface area is 119 Å². The number of rotatable bonds is 3. The first-order valence-electron chi connectivity index (χ1n) is 5.29. The molecule has 0 atom stereocenters. The van der Waals surface area contributed by atoms with Crippen LogP contribution in [0.25, 0.3) is 0 Å². The third-order valence-corrected chi connectivity index (χ3v) is 2.88. The number of hydrogen-bond donors (Lipinski definition) is 3. The molecule has 98 valence electrons. The molecular weight excluding hydrogens is 287 g/mol. The molecule has 1 heterocycles. The number of nitrogens with two attached hydrogens (primary N) is 1. The van der Waals surface area contributed by atoms with Gasteiger partial charge in [0.05, 0.1) is 10.6 Å². The van der Waals surface area contributed by atoms with Crippen LogP contribution in [-0.4, -0.2) is 10.9 Å². The van der Waals surface area contributed by atoms with Gasteiger partial charge in [0.1, 0.15) is 0 Å². The van der Waals surface area contributed by atoms with Crippen LogP contribution in [0.15, 0.2) is 36.5 Å². The predicted octanol–water partition coefficient (Wildman–Crippen LogP) is 2.93. The van der Waals surface area contributed by atoms with E-state index >= 15 is 0 Å². The highest BCUT2D eigenvalue weighted by atomic mass is 35.5. The SMILES string of the molecule is NNc1ncc(C(=O)Nc2ccc(Cl)cc2)cc1Cl. The molecule has 0 bridgehead atoms. The molecule has 0 spiro atoms. The van der Waals surface area contributed by atoms with E-state index in [4.69, 9.17) is 29.0 Å². The fourth-order valence-electron chi connectivity index (χ4n) is 1.40. The molecular formula is C12H10Cl2N4O. The summed E-state index contributed by atoms with van der Waals surface area (Å²) in [5.41, 5.74) is 3.29. The van der Waals surface area contributed by atoms with Crippen molar-refractivity contribution in [2.45, 2.75) is 0 Å². The number of nitrogens with one attached hydrogen (secondary N) is 2. The Bertz CT molecular complexity index is 601. The van der Waals surface area contributed by atoms with Crippen molar-refractivity contribution < 1.29 is 4.79 Å². The summed E-state index contributed by atoms with van der Waals surface area (Å²) in [6.45, 7) is 0. The van der Waals surface area contributed by atoms with Crippen LogP contribution < -0.4 is 16.6 Å². The first kappa shape index (κ1) is 13.6. The van der Waals surface area contributed by atoms with Crippen molar-refractivity contribution in [2.24, 2.45) is 5.84 Å². The Morgan fingerprint density at radius 3 is 2.47 bits per heavy atom. The zero-order valence-electron chi connectivity index (χ0n) is 9.65. The Hall–Kier alpha value is -1.82. The molecule has 1 aromatic carbocycles. The van der Waals surface area contributed by atoms with E-state index < -0.39 is 0 Å². The standard InChI is InChI=1S/C12H10Cl2N4O/c13-8-1-3-9(4-2-8)17-12(19)7-5-10(14)11(18-15)16-6-7/h1-6H,15H2,(H,16,18)(H,17,19). The molecule has 0 aliphatic rings. The van der Waals surface area contributed by atoms with Crippen molar-refractivity contribution in [2.75, 3.05) is 10.7 Å². The molecule has 7 heteroatoms. The molecule has 19 heavy (non-hydrogen) atoms. The summed E-state index contributed by atoms with van der Waals surface area (Å²) in [7, 11) is 0. The van der Waals surface area contributed by atoms with Gasteiger partial charge in [-0.3, -0.25) is 4.79 Å². The second-order valence-corrected chi connectivity index (χ2v) is 4.50. The number of amides is 1. The number of aromatic nitrogens is 1. The number of carbonyl (C=O) groups excluding carboxylic acids is 1. The highest BCUT2D eigenvalue weighted by molar-refractivity contribution is 6.33. The molecule has 4 N–H and O–H groups in total. The Morgan fingerprint density at radius 2 is 1.89 bits per heavy atom. The van der Waals surface area contributed by atoms with Gasteiger partial charge in [-0.1, -0.05) is 23.2 Å². The Kier molecular flexibility index (Phi) is 4.21. The van der Waals surface area contributed by atoms with Crippen molar-refractivity contribution in [3.63, 3.8) is 0 Å². The van der Waals surface area contributed by atoms with Crippen molar-refractivity contribution in [1.82, 2.24) is 4.98 Å². The summed E-state index contributed by atoms with van der Waals surface area (Å²) in [5.74, 6) is 5.20. The van der Waals surface area contributed by atoms with E-state index in [0.717, 1.165) is 0 Å². The lowest BCUT2D eigenvalue weighted by atomic mass is 10.2. The lowest BCUT2D eigenvalue weighted by molar-refractivity contribution is 0.102. The molecule has 2 aromatic rings. The number of carbonyl (C=O) groups is 1. The van der Waals surface area contributed by atoms with Crippen LogP contribution in [0, 0.1) is 0 Å². The topological polar surface area (TPSA) is 80.0 Å². The van der Waals surface area contributed by atoms with Crippen LogP contribution in [-0.2, 0) is 0 Å². The molecule has 2 rings (SSSR count). The van der Waals surface area contributed by atoms with Crippen LogP contribution in [0.1, 0.15) is 10.4 Å². The van der Waals surface area contributed by atoms with Gasteiger partial charge in [-0.2, -0.15) is 0 Å². The van der Waals surface area contributed by atoms with E-state index in [1.54, 1.807) is 24.3 Å². The van der Waals surface area contributed by atoms with E-state index in [1.807, 2.05) is 0 Å². The summed E-state index contributed by atoms with van der Waals surface area (Å²) in [5, 5.41) is 3.57. The molecule has 0 aliphatic heterocycles. The highest BCUT2D eigenvalue weighted by Crippen LogP contribution is 2.20. The predicted molar refractivity (Wildman–Crippen MR) is 76.5 cm³/mol. The minimum absolute atomic E-state index is 0.270. The van der Waals surface area contributed by atoms with E-state index in [2.05, 4.69) is 15.7 Å². The number of benzene rings is 1. The minimum Gasteiger partial charge on any atom is -0.322 e. The van der Waals surface area contributed by atoms with Gasteiger partial charge < -0.3 is 10.7 Å². The lowest BCUT2D eigenvalue weighted by Gasteiger charge is -2.07. The minimum atomic E-state index is -0.319. The molecule has 0 aliphatic carbocycles. The van der Waals surface area contributed by atoms with Crippen molar-refractivity contribution in [3.05, 3.63) is 52.1 Å². The van der Waals surface area contributed by atoms with Gasteiger partial charge in [0.25, 0.3) is 5.91 Å². The maximum atomic E-state index is 12.0.